The van der Waals surface area contributed by atoms with Crippen molar-refractivity contribution in [2.24, 2.45) is 16.8 Å². The van der Waals surface area contributed by atoms with Crippen LogP contribution in [0.4, 0.5) is 0 Å². The molecule has 0 bridgehead atoms. The molecule has 2 saturated heterocycles. The molecule has 3 atom stereocenters. The Morgan fingerprint density at radius 2 is 2.11 bits per heavy atom. The van der Waals surface area contributed by atoms with Crippen LogP contribution < -0.4 is 5.32 Å². The van der Waals surface area contributed by atoms with E-state index >= 15 is 0 Å². The molecule has 1 aromatic rings. The molecule has 0 spiro atoms. The van der Waals surface area contributed by atoms with Crippen LogP contribution in [-0.4, -0.2) is 56.7 Å². The van der Waals surface area contributed by atoms with Gasteiger partial charge < -0.3 is 19.7 Å². The second-order valence-electron chi connectivity index (χ2n) is 7.57. The van der Waals surface area contributed by atoms with Gasteiger partial charge in [0.15, 0.2) is 5.96 Å². The van der Waals surface area contributed by atoms with Gasteiger partial charge in [0.25, 0.3) is 0 Å². The maximum atomic E-state index is 12.1. The first-order valence-electron chi connectivity index (χ1n) is 10.5. The van der Waals surface area contributed by atoms with Gasteiger partial charge in [-0.25, -0.2) is 0 Å². The Balaban J connectivity index is 1.59. The second-order valence-corrected chi connectivity index (χ2v) is 7.57. The van der Waals surface area contributed by atoms with E-state index in [1.165, 1.54) is 5.56 Å². The summed E-state index contributed by atoms with van der Waals surface area (Å²) in [5.74, 6) is 1.11. The van der Waals surface area contributed by atoms with Crippen LogP contribution in [0, 0.1) is 11.8 Å². The minimum atomic E-state index is -0.0903. The average Bonchev–Trinajstić information content (AvgIpc) is 2.75. The van der Waals surface area contributed by atoms with E-state index in [-0.39, 0.29) is 18.0 Å². The van der Waals surface area contributed by atoms with E-state index in [0.717, 1.165) is 51.3 Å². The minimum Gasteiger partial charge on any atom is -0.466 e. The number of carbonyl (C=O) groups is 1. The van der Waals surface area contributed by atoms with Gasteiger partial charge in [0.2, 0.25) is 0 Å². The molecule has 0 amide bonds. The van der Waals surface area contributed by atoms with E-state index in [9.17, 15) is 4.79 Å². The van der Waals surface area contributed by atoms with Gasteiger partial charge in [-0.05, 0) is 38.2 Å². The summed E-state index contributed by atoms with van der Waals surface area (Å²) >= 11 is 0. The van der Waals surface area contributed by atoms with Gasteiger partial charge in [-0.15, -0.1) is 0 Å². The normalized spacial score (nSPS) is 26.0. The van der Waals surface area contributed by atoms with Crippen molar-refractivity contribution in [3.63, 3.8) is 0 Å². The first kappa shape index (κ1) is 20.6. The maximum absolute atomic E-state index is 12.1. The number of nitrogens with zero attached hydrogens (tertiary/aromatic N) is 2. The van der Waals surface area contributed by atoms with Crippen molar-refractivity contribution >= 4 is 11.9 Å². The molecule has 0 aromatic heterocycles. The monoisotopic (exact) mass is 387 g/mol. The number of hydrogen-bond acceptors (Lipinski definition) is 4. The van der Waals surface area contributed by atoms with Crippen LogP contribution in [-0.2, 0) is 14.3 Å². The summed E-state index contributed by atoms with van der Waals surface area (Å²) in [5.41, 5.74) is 1.24. The summed E-state index contributed by atoms with van der Waals surface area (Å²) in [5, 5.41) is 3.54. The third kappa shape index (κ3) is 5.25. The molecule has 6 nitrogen and oxygen atoms in total. The topological polar surface area (TPSA) is 63.2 Å². The van der Waals surface area contributed by atoms with Gasteiger partial charge in [0.05, 0.1) is 18.6 Å². The lowest BCUT2D eigenvalue weighted by Gasteiger charge is -2.36. The Hall–Kier alpha value is -2.08. The van der Waals surface area contributed by atoms with Gasteiger partial charge in [0, 0.05) is 39.2 Å². The van der Waals surface area contributed by atoms with Crippen LogP contribution in [0.25, 0.3) is 0 Å². The Kier molecular flexibility index (Phi) is 7.71. The zero-order valence-electron chi connectivity index (χ0n) is 17.1. The molecule has 2 aliphatic heterocycles. The van der Waals surface area contributed by atoms with E-state index in [4.69, 9.17) is 9.47 Å². The van der Waals surface area contributed by atoms with Crippen LogP contribution in [0.3, 0.4) is 0 Å². The van der Waals surface area contributed by atoms with Crippen LogP contribution >= 0.6 is 0 Å². The highest BCUT2D eigenvalue weighted by atomic mass is 16.5. The maximum Gasteiger partial charge on any atom is 0.310 e. The predicted octanol–water partition coefficient (Wildman–Crippen LogP) is 3.00. The third-order valence-corrected chi connectivity index (χ3v) is 5.65. The molecular weight excluding hydrogens is 354 g/mol. The van der Waals surface area contributed by atoms with E-state index in [0.29, 0.717) is 19.1 Å². The van der Waals surface area contributed by atoms with Crippen LogP contribution in [0.2, 0.25) is 0 Å². The molecule has 0 saturated carbocycles. The van der Waals surface area contributed by atoms with E-state index in [1.54, 1.807) is 0 Å². The summed E-state index contributed by atoms with van der Waals surface area (Å²) in [6.07, 6.45) is 4.20. The number of piperidine rings is 1. The lowest BCUT2D eigenvalue weighted by atomic mass is 9.89. The molecule has 3 rings (SSSR count). The molecule has 0 radical (unpaired) electrons. The van der Waals surface area contributed by atoms with Crippen LogP contribution in [0.15, 0.2) is 35.3 Å². The Bertz CT molecular complexity index is 650. The van der Waals surface area contributed by atoms with Crippen molar-refractivity contribution in [3.05, 3.63) is 35.9 Å². The third-order valence-electron chi connectivity index (χ3n) is 5.65. The van der Waals surface area contributed by atoms with Gasteiger partial charge in [-0.3, -0.25) is 9.79 Å². The number of guanidine groups is 1. The quantitative estimate of drug-likeness (QED) is 0.478. The van der Waals surface area contributed by atoms with E-state index < -0.39 is 0 Å². The van der Waals surface area contributed by atoms with Gasteiger partial charge in [0.1, 0.15) is 0 Å². The van der Waals surface area contributed by atoms with Crippen molar-refractivity contribution < 1.29 is 14.3 Å². The summed E-state index contributed by atoms with van der Waals surface area (Å²) in [6, 6.07) is 10.5. The number of esters is 1. The van der Waals surface area contributed by atoms with Crippen molar-refractivity contribution in [1.29, 1.82) is 0 Å². The number of nitrogens with one attached hydrogen (secondary N) is 1. The largest absolute Gasteiger partial charge is 0.466 e. The summed E-state index contributed by atoms with van der Waals surface area (Å²) in [4.78, 5) is 18.8. The number of likely N-dealkylation sites (tertiary alicyclic amines) is 1. The van der Waals surface area contributed by atoms with Crippen molar-refractivity contribution in [1.82, 2.24) is 10.2 Å². The molecule has 1 aromatic carbocycles. The Labute approximate surface area is 168 Å². The zero-order chi connectivity index (χ0) is 19.8. The summed E-state index contributed by atoms with van der Waals surface area (Å²) < 4.78 is 11.3. The zero-order valence-corrected chi connectivity index (χ0v) is 17.1. The fourth-order valence-electron chi connectivity index (χ4n) is 4.24. The number of carbonyl (C=O) groups excluding carboxylic acids is 1. The molecule has 1 N–H and O–H groups in total. The molecule has 2 aliphatic rings. The van der Waals surface area contributed by atoms with Gasteiger partial charge in [-0.2, -0.15) is 0 Å². The van der Waals surface area contributed by atoms with Gasteiger partial charge in [-0.1, -0.05) is 30.3 Å². The summed E-state index contributed by atoms with van der Waals surface area (Å²) in [7, 11) is 1.81. The van der Waals surface area contributed by atoms with E-state index in [1.807, 2.05) is 20.0 Å². The molecule has 28 heavy (non-hydrogen) atoms. The average molecular weight is 388 g/mol. The predicted molar refractivity (Wildman–Crippen MR) is 110 cm³/mol. The lowest BCUT2D eigenvalue weighted by molar-refractivity contribution is -0.149. The first-order chi connectivity index (χ1) is 13.7. The molecule has 154 valence electrons. The van der Waals surface area contributed by atoms with Crippen molar-refractivity contribution in [3.8, 4) is 0 Å². The molecule has 0 aliphatic carbocycles. The molecule has 3 unspecified atom stereocenters. The molecule has 2 heterocycles. The second kappa shape index (κ2) is 10.5. The lowest BCUT2D eigenvalue weighted by Crippen LogP contribution is -2.49. The fraction of sp³-hybridized carbons (Fsp3) is 0.636. The number of aliphatic imine (C=N–C) groups is 1. The van der Waals surface area contributed by atoms with E-state index in [2.05, 4.69) is 39.5 Å². The number of benzene rings is 1. The molecule has 6 heteroatoms. The highest BCUT2D eigenvalue weighted by molar-refractivity contribution is 5.81. The first-order valence-corrected chi connectivity index (χ1v) is 10.5. The number of rotatable bonds is 5. The molecular formula is C22H33N3O3. The van der Waals surface area contributed by atoms with Crippen molar-refractivity contribution in [2.75, 3.05) is 39.9 Å². The minimum absolute atomic E-state index is 0.0673. The van der Waals surface area contributed by atoms with Crippen LogP contribution in [0.1, 0.15) is 44.3 Å². The Morgan fingerprint density at radius 3 is 2.86 bits per heavy atom. The van der Waals surface area contributed by atoms with Crippen LogP contribution in [0.5, 0.6) is 0 Å². The van der Waals surface area contributed by atoms with Gasteiger partial charge >= 0.3 is 5.97 Å². The Morgan fingerprint density at radius 1 is 1.29 bits per heavy atom. The highest BCUT2D eigenvalue weighted by Gasteiger charge is 2.30. The highest BCUT2D eigenvalue weighted by Crippen LogP contribution is 2.33. The molecule has 2 fully saturated rings. The number of ether oxygens (including phenoxy) is 2. The number of hydrogen-bond donors (Lipinski definition) is 1. The summed E-state index contributed by atoms with van der Waals surface area (Å²) in [6.45, 7) is 5.50. The smallest absolute Gasteiger partial charge is 0.310 e. The van der Waals surface area contributed by atoms with Crippen molar-refractivity contribution in [2.45, 2.75) is 38.7 Å². The SMILES string of the molecule is CCOC(=O)C1CCCN(C(=NC)NCC2CCCOC2c2ccccc2)C1. The fourth-order valence-corrected chi connectivity index (χ4v) is 4.24. The standard InChI is InChI=1S/C22H33N3O3/c1-3-27-21(26)19-11-7-13-25(16-19)22(23-2)24-15-18-12-8-14-28-20(18)17-9-5-4-6-10-17/h4-6,9-10,18-20H,3,7-8,11-16H2,1-2H3,(H,23,24).